The van der Waals surface area contributed by atoms with Gasteiger partial charge in [-0.1, -0.05) is 117 Å². The molecule has 1 aliphatic heterocycles. The Kier molecular flexibility index (Phi) is 12.3. The number of hydrogen-bond donors (Lipinski definition) is 1. The summed E-state index contributed by atoms with van der Waals surface area (Å²) in [5.74, 6) is 0.366. The average Bonchev–Trinajstić information content (AvgIpc) is 3.02. The molecule has 3 aromatic carbocycles. The SMILES string of the molecule is CCC(CC)C(=O)/C=C(\O)C(C)(CC)CC.[2H]c1nc2c3c(cc(CC(C)(C)C)cc3c1[2H])Sc1c-2[c-]c2ccccc2c1CC(C)(C)C.[Ir]. The van der Waals surface area contributed by atoms with E-state index >= 15 is 0 Å². The zero-order chi connectivity index (χ0) is 36.5. The Labute approximate surface area is 311 Å². The van der Waals surface area contributed by atoms with E-state index in [2.05, 4.69) is 89.0 Å². The normalized spacial score (nSPS) is 13.8. The first kappa shape index (κ1) is 36.8. The third-order valence-electron chi connectivity index (χ3n) is 9.51. The van der Waals surface area contributed by atoms with Crippen LogP contribution in [0.15, 0.2) is 70.2 Å². The molecular formula is C43H56IrNO2S-. The number of fused-ring (bicyclic) bond motifs is 3. The maximum atomic E-state index is 11.9. The standard InChI is InChI=1S/C29H30NS.C14H26O2.Ir/c1-28(2,3)16-18-13-20-11-12-30-26-22-15-19-9-7-8-10-21(19)23(17-29(4,5)6)27(22)31-24(14-18)25(20)26;1-6-11(7-2)12(15)10-13(16)14(5,8-3)9-4;/h7-14H,16-17H2,1-6H3;10-11,16H,6-9H2,1-5H3;/q-1;;/b;13-10-;/i11D,12D;;. The van der Waals surface area contributed by atoms with Gasteiger partial charge in [0.15, 0.2) is 5.78 Å². The maximum absolute atomic E-state index is 11.9. The van der Waals surface area contributed by atoms with Gasteiger partial charge in [0.2, 0.25) is 0 Å². The van der Waals surface area contributed by atoms with E-state index in [1.165, 1.54) is 27.5 Å². The first-order valence-corrected chi connectivity index (χ1v) is 18.2. The zero-order valence-corrected chi connectivity index (χ0v) is 34.1. The van der Waals surface area contributed by atoms with Crippen LogP contribution in [0.3, 0.4) is 0 Å². The largest absolute Gasteiger partial charge is 0.512 e. The molecule has 1 N–H and O–H groups in total. The number of nitrogens with zero attached hydrogens (tertiary/aromatic N) is 1. The van der Waals surface area contributed by atoms with Gasteiger partial charge in [-0.15, -0.1) is 29.3 Å². The van der Waals surface area contributed by atoms with Crippen molar-refractivity contribution >= 4 is 39.1 Å². The van der Waals surface area contributed by atoms with E-state index in [-0.39, 0.29) is 66.0 Å². The number of aromatic nitrogens is 1. The second kappa shape index (κ2) is 16.0. The molecule has 4 aromatic rings. The Morgan fingerprint density at radius 2 is 1.60 bits per heavy atom. The van der Waals surface area contributed by atoms with Crippen LogP contribution in [0.25, 0.3) is 32.8 Å². The minimum atomic E-state index is -0.248. The van der Waals surface area contributed by atoms with Crippen molar-refractivity contribution in [1.29, 1.82) is 0 Å². The molecule has 5 heteroatoms. The van der Waals surface area contributed by atoms with Gasteiger partial charge in [0.1, 0.15) is 5.76 Å². The molecule has 261 valence electrons. The molecule has 0 saturated heterocycles. The summed E-state index contributed by atoms with van der Waals surface area (Å²) in [6.07, 6.45) is 6.74. The second-order valence-corrected chi connectivity index (χ2v) is 16.9. The van der Waals surface area contributed by atoms with Gasteiger partial charge in [-0.25, -0.2) is 0 Å². The molecule has 1 aliphatic rings. The van der Waals surface area contributed by atoms with Crippen LogP contribution in [0.4, 0.5) is 0 Å². The Balaban J connectivity index is 0.000000340. The first-order chi connectivity index (χ1) is 22.9. The van der Waals surface area contributed by atoms with Crippen LogP contribution in [0.1, 0.15) is 116 Å². The molecule has 0 amide bonds. The smallest absolute Gasteiger partial charge is 0.162 e. The van der Waals surface area contributed by atoms with Crippen molar-refractivity contribution in [3.8, 4) is 11.3 Å². The number of hydrogen-bond acceptors (Lipinski definition) is 4. The molecule has 0 spiro atoms. The molecule has 0 aliphatic carbocycles. The average molecular weight is 845 g/mol. The molecule has 48 heavy (non-hydrogen) atoms. The molecular weight excluding hydrogens is 787 g/mol. The maximum Gasteiger partial charge on any atom is 0.162 e. The number of pyridine rings is 1. The molecule has 0 fully saturated rings. The summed E-state index contributed by atoms with van der Waals surface area (Å²) in [4.78, 5) is 18.9. The van der Waals surface area contributed by atoms with Crippen LogP contribution < -0.4 is 0 Å². The number of rotatable bonds is 9. The van der Waals surface area contributed by atoms with Gasteiger partial charge < -0.3 is 5.11 Å². The van der Waals surface area contributed by atoms with Crippen molar-refractivity contribution in [2.24, 2.45) is 22.2 Å². The topological polar surface area (TPSA) is 50.2 Å². The van der Waals surface area contributed by atoms with Gasteiger partial charge in [-0.2, -0.15) is 0 Å². The minimum Gasteiger partial charge on any atom is -0.512 e. The van der Waals surface area contributed by atoms with Gasteiger partial charge in [0, 0.05) is 54.3 Å². The van der Waals surface area contributed by atoms with Gasteiger partial charge in [0.05, 0.1) is 2.74 Å². The molecule has 3 nitrogen and oxygen atoms in total. The van der Waals surface area contributed by atoms with Crippen molar-refractivity contribution in [2.75, 3.05) is 0 Å². The minimum absolute atomic E-state index is 0. The van der Waals surface area contributed by atoms with E-state index in [9.17, 15) is 9.90 Å². The van der Waals surface area contributed by atoms with Crippen molar-refractivity contribution in [3.05, 3.63) is 77.6 Å². The quantitative estimate of drug-likeness (QED) is 0.0912. The summed E-state index contributed by atoms with van der Waals surface area (Å²) in [6, 6.07) is 16.7. The van der Waals surface area contributed by atoms with Crippen LogP contribution in [-0.2, 0) is 37.7 Å². The van der Waals surface area contributed by atoms with E-state index < -0.39 is 0 Å². The zero-order valence-electron chi connectivity index (χ0n) is 32.9. The van der Waals surface area contributed by atoms with Gasteiger partial charge in [-0.05, 0) is 82.7 Å². The van der Waals surface area contributed by atoms with Gasteiger partial charge >= 0.3 is 0 Å². The molecule has 5 rings (SSSR count). The van der Waals surface area contributed by atoms with E-state index in [0.29, 0.717) is 0 Å². The Morgan fingerprint density at radius 1 is 0.979 bits per heavy atom. The summed E-state index contributed by atoms with van der Waals surface area (Å²) in [5, 5.41) is 14.2. The number of aliphatic hydroxyl groups is 1. The number of benzene rings is 3. The molecule has 2 heterocycles. The van der Waals surface area contributed by atoms with Crippen molar-refractivity contribution in [3.63, 3.8) is 0 Å². The monoisotopic (exact) mass is 845 g/mol. The van der Waals surface area contributed by atoms with Crippen molar-refractivity contribution in [1.82, 2.24) is 4.98 Å². The Hall–Kier alpha value is -2.46. The Morgan fingerprint density at radius 3 is 2.19 bits per heavy atom. The molecule has 0 atom stereocenters. The number of carbonyl (C=O) groups excluding carboxylic acids is 1. The summed E-state index contributed by atoms with van der Waals surface area (Å²) in [7, 11) is 0. The summed E-state index contributed by atoms with van der Waals surface area (Å²) < 4.78 is 17.1. The van der Waals surface area contributed by atoms with Crippen molar-refractivity contribution in [2.45, 2.75) is 124 Å². The molecule has 1 radical (unpaired) electrons. The number of allylic oxidation sites excluding steroid dienone is 2. The van der Waals surface area contributed by atoms with E-state index in [1.54, 1.807) is 11.8 Å². The molecule has 0 saturated carbocycles. The van der Waals surface area contributed by atoms with Crippen LogP contribution in [-0.4, -0.2) is 15.9 Å². The Bertz CT molecular complexity index is 1880. The molecule has 1 aromatic heterocycles. The second-order valence-electron chi connectivity index (χ2n) is 15.9. The van der Waals surface area contributed by atoms with Crippen LogP contribution in [0.2, 0.25) is 0 Å². The number of carbonyl (C=O) groups is 1. The number of aliphatic hydroxyl groups excluding tert-OH is 1. The van der Waals surface area contributed by atoms with E-state index in [1.807, 2.05) is 34.6 Å². The predicted octanol–water partition coefficient (Wildman–Crippen LogP) is 12.8. The van der Waals surface area contributed by atoms with E-state index in [4.69, 9.17) is 2.74 Å². The van der Waals surface area contributed by atoms with Crippen LogP contribution in [0.5, 0.6) is 0 Å². The third-order valence-corrected chi connectivity index (χ3v) is 10.7. The van der Waals surface area contributed by atoms with Crippen LogP contribution in [0, 0.1) is 28.2 Å². The third kappa shape index (κ3) is 9.20. The summed E-state index contributed by atoms with van der Waals surface area (Å²) in [5.41, 5.74) is 4.35. The molecule has 0 bridgehead atoms. The number of ketones is 1. The fourth-order valence-corrected chi connectivity index (χ4v) is 7.63. The van der Waals surface area contributed by atoms with Crippen LogP contribution >= 0.6 is 11.8 Å². The summed E-state index contributed by atoms with van der Waals surface area (Å²) >= 11 is 1.80. The van der Waals surface area contributed by atoms with Gasteiger partial charge in [-0.3, -0.25) is 9.78 Å². The predicted molar refractivity (Wildman–Crippen MR) is 202 cm³/mol. The van der Waals surface area contributed by atoms with E-state index in [0.717, 1.165) is 70.8 Å². The fourth-order valence-electron chi connectivity index (χ4n) is 6.34. The first-order valence-electron chi connectivity index (χ1n) is 18.4. The molecule has 0 unspecified atom stereocenters. The summed E-state index contributed by atoms with van der Waals surface area (Å²) in [6.45, 7) is 23.6. The van der Waals surface area contributed by atoms with Crippen molar-refractivity contribution < 1.29 is 32.7 Å². The fraction of sp³-hybridized carbons (Fsp3) is 0.488. The van der Waals surface area contributed by atoms with Gasteiger partial charge in [0.25, 0.3) is 0 Å².